The monoisotopic (exact) mass is 203 g/mol. The van der Waals surface area contributed by atoms with Gasteiger partial charge in [0.15, 0.2) is 0 Å². The Morgan fingerprint density at radius 1 is 1.20 bits per heavy atom. The lowest BCUT2D eigenvalue weighted by Gasteiger charge is -2.18. The smallest absolute Gasteiger partial charge is 0.0111 e. The first kappa shape index (κ1) is 10.7. The van der Waals surface area contributed by atoms with Gasteiger partial charge in [0.2, 0.25) is 0 Å². The Balaban J connectivity index is 2.29. The van der Waals surface area contributed by atoms with Gasteiger partial charge >= 0.3 is 0 Å². The van der Waals surface area contributed by atoms with E-state index < -0.39 is 0 Å². The van der Waals surface area contributed by atoms with E-state index in [9.17, 15) is 0 Å². The predicted octanol–water partition coefficient (Wildman–Crippen LogP) is 3.16. The fourth-order valence-corrected chi connectivity index (χ4v) is 2.86. The molecule has 1 fully saturated rings. The van der Waals surface area contributed by atoms with Gasteiger partial charge in [-0.05, 0) is 45.2 Å². The minimum atomic E-state index is 0.612. The highest BCUT2D eigenvalue weighted by Gasteiger charge is 2.29. The molecule has 1 N–H and O–H groups in total. The van der Waals surface area contributed by atoms with Crippen LogP contribution < -0.4 is 5.32 Å². The molecule has 0 aliphatic carbocycles. The molecule has 0 saturated carbocycles. The number of hydrogen-bond donors (Lipinski definition) is 1. The lowest BCUT2D eigenvalue weighted by atomic mass is 9.88. The van der Waals surface area contributed by atoms with Gasteiger partial charge in [-0.3, -0.25) is 0 Å². The molecule has 2 rings (SSSR count). The van der Waals surface area contributed by atoms with Crippen molar-refractivity contribution < 1.29 is 0 Å². The van der Waals surface area contributed by atoms with Crippen LogP contribution in [-0.2, 0) is 0 Å². The van der Waals surface area contributed by atoms with Crippen molar-refractivity contribution in [3.05, 3.63) is 34.9 Å². The van der Waals surface area contributed by atoms with Crippen LogP contribution in [0.3, 0.4) is 0 Å². The number of nitrogens with one attached hydrogen (secondary N) is 1. The zero-order chi connectivity index (χ0) is 11.0. The standard InChI is InChI=1S/C14H21N/c1-9-5-6-13(10(2)7-9)14-8-11(3)15-12(14)4/h5-7,11-12,14-15H,8H2,1-4H3. The van der Waals surface area contributed by atoms with Gasteiger partial charge in [0, 0.05) is 18.0 Å². The highest BCUT2D eigenvalue weighted by Crippen LogP contribution is 2.32. The van der Waals surface area contributed by atoms with E-state index in [0.29, 0.717) is 18.0 Å². The molecule has 1 nitrogen and oxygen atoms in total. The first-order valence-corrected chi connectivity index (χ1v) is 5.91. The second-order valence-electron chi connectivity index (χ2n) is 5.06. The van der Waals surface area contributed by atoms with Crippen molar-refractivity contribution in [1.29, 1.82) is 0 Å². The van der Waals surface area contributed by atoms with E-state index in [1.165, 1.54) is 23.1 Å². The number of hydrogen-bond acceptors (Lipinski definition) is 1. The molecular formula is C14H21N. The summed E-state index contributed by atoms with van der Waals surface area (Å²) in [6, 6.07) is 8.11. The van der Waals surface area contributed by atoms with Crippen LogP contribution in [0.2, 0.25) is 0 Å². The van der Waals surface area contributed by atoms with E-state index in [2.05, 4.69) is 51.2 Å². The number of benzene rings is 1. The highest BCUT2D eigenvalue weighted by molar-refractivity contribution is 5.34. The van der Waals surface area contributed by atoms with E-state index >= 15 is 0 Å². The van der Waals surface area contributed by atoms with E-state index in [4.69, 9.17) is 0 Å². The number of aryl methyl sites for hydroxylation is 2. The second kappa shape index (κ2) is 3.97. The molecule has 1 aliphatic rings. The maximum absolute atomic E-state index is 3.61. The molecule has 1 aliphatic heterocycles. The molecule has 1 saturated heterocycles. The minimum Gasteiger partial charge on any atom is -0.311 e. The summed E-state index contributed by atoms with van der Waals surface area (Å²) in [5, 5.41) is 3.61. The molecule has 0 amide bonds. The summed E-state index contributed by atoms with van der Waals surface area (Å²) in [7, 11) is 0. The lowest BCUT2D eigenvalue weighted by molar-refractivity contribution is 0.573. The Bertz CT molecular complexity index is 356. The SMILES string of the molecule is Cc1ccc(C2CC(C)NC2C)c(C)c1. The molecule has 0 spiro atoms. The van der Waals surface area contributed by atoms with Crippen LogP contribution in [0.15, 0.2) is 18.2 Å². The normalized spacial score (nSPS) is 30.8. The second-order valence-corrected chi connectivity index (χ2v) is 5.06. The van der Waals surface area contributed by atoms with Gasteiger partial charge < -0.3 is 5.32 Å². The summed E-state index contributed by atoms with van der Waals surface area (Å²) in [4.78, 5) is 0. The summed E-state index contributed by atoms with van der Waals surface area (Å²) in [6.07, 6.45) is 1.27. The van der Waals surface area contributed by atoms with Gasteiger partial charge in [0.05, 0.1) is 0 Å². The van der Waals surface area contributed by atoms with E-state index in [1.807, 2.05) is 0 Å². The quantitative estimate of drug-likeness (QED) is 0.739. The third kappa shape index (κ3) is 2.07. The van der Waals surface area contributed by atoms with Gasteiger partial charge in [0.25, 0.3) is 0 Å². The lowest BCUT2D eigenvalue weighted by Crippen LogP contribution is -2.26. The van der Waals surface area contributed by atoms with Gasteiger partial charge in [-0.15, -0.1) is 0 Å². The number of rotatable bonds is 1. The van der Waals surface area contributed by atoms with Crippen molar-refractivity contribution in [3.63, 3.8) is 0 Å². The van der Waals surface area contributed by atoms with E-state index in [1.54, 1.807) is 0 Å². The van der Waals surface area contributed by atoms with Crippen LogP contribution in [0.5, 0.6) is 0 Å². The Kier molecular flexibility index (Phi) is 2.83. The van der Waals surface area contributed by atoms with Crippen molar-refractivity contribution in [2.45, 2.75) is 52.1 Å². The summed E-state index contributed by atoms with van der Waals surface area (Å²) in [5.74, 6) is 0.695. The maximum atomic E-state index is 3.61. The largest absolute Gasteiger partial charge is 0.311 e. The molecular weight excluding hydrogens is 182 g/mol. The van der Waals surface area contributed by atoms with Crippen molar-refractivity contribution >= 4 is 0 Å². The van der Waals surface area contributed by atoms with E-state index in [0.717, 1.165) is 0 Å². The van der Waals surface area contributed by atoms with Crippen molar-refractivity contribution in [2.75, 3.05) is 0 Å². The topological polar surface area (TPSA) is 12.0 Å². The van der Waals surface area contributed by atoms with Gasteiger partial charge in [0.1, 0.15) is 0 Å². The van der Waals surface area contributed by atoms with Crippen molar-refractivity contribution in [1.82, 2.24) is 5.32 Å². The van der Waals surface area contributed by atoms with Crippen LogP contribution in [0, 0.1) is 13.8 Å². The van der Waals surface area contributed by atoms with Gasteiger partial charge in [-0.1, -0.05) is 23.8 Å². The Hall–Kier alpha value is -0.820. The predicted molar refractivity (Wildman–Crippen MR) is 65.3 cm³/mol. The van der Waals surface area contributed by atoms with Crippen LogP contribution in [0.4, 0.5) is 0 Å². The molecule has 0 aromatic heterocycles. The highest BCUT2D eigenvalue weighted by atomic mass is 15.0. The summed E-state index contributed by atoms with van der Waals surface area (Å²) in [6.45, 7) is 8.97. The maximum Gasteiger partial charge on any atom is 0.0111 e. The fourth-order valence-electron chi connectivity index (χ4n) is 2.86. The summed E-state index contributed by atoms with van der Waals surface area (Å²) >= 11 is 0. The molecule has 1 heteroatoms. The Morgan fingerprint density at radius 3 is 2.47 bits per heavy atom. The summed E-state index contributed by atoms with van der Waals surface area (Å²) < 4.78 is 0. The third-order valence-corrected chi connectivity index (χ3v) is 3.58. The third-order valence-electron chi connectivity index (χ3n) is 3.58. The molecule has 3 atom stereocenters. The zero-order valence-electron chi connectivity index (χ0n) is 10.2. The first-order chi connectivity index (χ1) is 7.08. The molecule has 82 valence electrons. The average Bonchev–Trinajstić information content (AvgIpc) is 2.45. The molecule has 3 unspecified atom stereocenters. The molecule has 1 aromatic rings. The molecule has 15 heavy (non-hydrogen) atoms. The first-order valence-electron chi connectivity index (χ1n) is 5.91. The summed E-state index contributed by atoms with van der Waals surface area (Å²) in [5.41, 5.74) is 4.34. The Morgan fingerprint density at radius 2 is 1.93 bits per heavy atom. The van der Waals surface area contributed by atoms with Crippen LogP contribution in [0.1, 0.15) is 42.9 Å². The van der Waals surface area contributed by atoms with E-state index in [-0.39, 0.29) is 0 Å². The molecule has 1 aromatic carbocycles. The molecule has 0 bridgehead atoms. The molecule has 1 heterocycles. The minimum absolute atomic E-state index is 0.612. The zero-order valence-corrected chi connectivity index (χ0v) is 10.2. The Labute approximate surface area is 92.9 Å². The van der Waals surface area contributed by atoms with Gasteiger partial charge in [-0.25, -0.2) is 0 Å². The fraction of sp³-hybridized carbons (Fsp3) is 0.571. The van der Waals surface area contributed by atoms with Crippen molar-refractivity contribution in [3.8, 4) is 0 Å². The molecule has 0 radical (unpaired) electrons. The van der Waals surface area contributed by atoms with Gasteiger partial charge in [-0.2, -0.15) is 0 Å². The van der Waals surface area contributed by atoms with Crippen LogP contribution >= 0.6 is 0 Å². The average molecular weight is 203 g/mol. The van der Waals surface area contributed by atoms with Crippen LogP contribution in [0.25, 0.3) is 0 Å². The van der Waals surface area contributed by atoms with Crippen LogP contribution in [-0.4, -0.2) is 12.1 Å². The van der Waals surface area contributed by atoms with Crippen molar-refractivity contribution in [2.24, 2.45) is 0 Å².